The van der Waals surface area contributed by atoms with Crippen molar-refractivity contribution >= 4 is 15.9 Å². The van der Waals surface area contributed by atoms with Gasteiger partial charge in [-0.3, -0.25) is 4.79 Å². The quantitative estimate of drug-likeness (QED) is 0.666. The highest BCUT2D eigenvalue weighted by molar-refractivity contribution is 7.89. The molecule has 1 aromatic rings. The van der Waals surface area contributed by atoms with Gasteiger partial charge in [0, 0.05) is 39.3 Å². The molecule has 1 unspecified atom stereocenters. The zero-order chi connectivity index (χ0) is 19.3. The first-order valence-electron chi connectivity index (χ1n) is 9.24. The second-order valence-electron chi connectivity index (χ2n) is 6.74. The largest absolute Gasteiger partial charge is 0.491 e. The van der Waals surface area contributed by atoms with Crippen LogP contribution in [0.4, 0.5) is 0 Å². The average Bonchev–Trinajstić information content (AvgIpc) is 2.69. The maximum Gasteiger partial charge on any atom is 0.243 e. The van der Waals surface area contributed by atoms with Gasteiger partial charge in [-0.05, 0) is 37.1 Å². The normalized spacial score (nSPS) is 22.0. The van der Waals surface area contributed by atoms with E-state index in [0.717, 1.165) is 19.4 Å². The molecule has 0 spiro atoms. The number of methoxy groups -OCH3 is 1. The van der Waals surface area contributed by atoms with Crippen molar-refractivity contribution in [2.24, 2.45) is 0 Å². The Bertz CT molecular complexity index is 738. The number of nitrogens with one attached hydrogen (secondary N) is 1. The number of ether oxygens (including phenoxy) is 2. The summed E-state index contributed by atoms with van der Waals surface area (Å²) in [6.45, 7) is 3.42. The standard InChI is InChI=1S/C18H27N3O5S/c1-25-11-12-26-16-4-6-17(7-5-16)27(23,24)20-9-2-3-15(14-20)21-10-8-19-13-18(21)22/h4-7,15,19H,2-3,8-14H2,1H3. The minimum absolute atomic E-state index is 0.0445. The maximum atomic E-state index is 13.0. The molecule has 1 aromatic carbocycles. The number of rotatable bonds is 7. The molecule has 0 saturated carbocycles. The predicted octanol–water partition coefficient (Wildman–Crippen LogP) is 0.297. The van der Waals surface area contributed by atoms with Crippen molar-refractivity contribution in [1.29, 1.82) is 0 Å². The lowest BCUT2D eigenvalue weighted by Crippen LogP contribution is -2.57. The minimum Gasteiger partial charge on any atom is -0.491 e. The van der Waals surface area contributed by atoms with E-state index in [1.165, 1.54) is 4.31 Å². The molecule has 0 bridgehead atoms. The third kappa shape index (κ3) is 4.78. The lowest BCUT2D eigenvalue weighted by atomic mass is 10.1. The van der Waals surface area contributed by atoms with Crippen molar-refractivity contribution in [3.05, 3.63) is 24.3 Å². The van der Waals surface area contributed by atoms with Crippen LogP contribution in [0.1, 0.15) is 12.8 Å². The first-order chi connectivity index (χ1) is 13.0. The van der Waals surface area contributed by atoms with Gasteiger partial charge in [-0.25, -0.2) is 8.42 Å². The molecule has 1 amide bonds. The van der Waals surface area contributed by atoms with E-state index in [9.17, 15) is 13.2 Å². The first kappa shape index (κ1) is 20.1. The number of piperidine rings is 1. The zero-order valence-corrected chi connectivity index (χ0v) is 16.4. The molecule has 8 nitrogen and oxygen atoms in total. The Morgan fingerprint density at radius 2 is 1.96 bits per heavy atom. The monoisotopic (exact) mass is 397 g/mol. The van der Waals surface area contributed by atoms with Crippen molar-refractivity contribution in [2.75, 3.05) is 53.0 Å². The molecule has 3 rings (SSSR count). The van der Waals surface area contributed by atoms with E-state index in [4.69, 9.17) is 9.47 Å². The molecule has 2 aliphatic heterocycles. The molecule has 1 N–H and O–H groups in total. The molecular formula is C18H27N3O5S. The zero-order valence-electron chi connectivity index (χ0n) is 15.6. The Morgan fingerprint density at radius 1 is 1.19 bits per heavy atom. The maximum absolute atomic E-state index is 13.0. The van der Waals surface area contributed by atoms with Gasteiger partial charge in [0.25, 0.3) is 0 Å². The average molecular weight is 397 g/mol. The van der Waals surface area contributed by atoms with Gasteiger partial charge in [0.05, 0.1) is 18.0 Å². The number of hydrogen-bond donors (Lipinski definition) is 1. The van der Waals surface area contributed by atoms with Gasteiger partial charge in [-0.15, -0.1) is 0 Å². The fourth-order valence-electron chi connectivity index (χ4n) is 3.50. The summed E-state index contributed by atoms with van der Waals surface area (Å²) in [6, 6.07) is 6.39. The Hall–Kier alpha value is -1.68. The molecule has 150 valence electrons. The first-order valence-corrected chi connectivity index (χ1v) is 10.7. The fraction of sp³-hybridized carbons (Fsp3) is 0.611. The van der Waals surface area contributed by atoms with Crippen molar-refractivity contribution in [1.82, 2.24) is 14.5 Å². The molecule has 2 fully saturated rings. The van der Waals surface area contributed by atoms with E-state index in [2.05, 4.69) is 5.32 Å². The van der Waals surface area contributed by atoms with E-state index in [1.807, 2.05) is 4.90 Å². The Balaban J connectivity index is 1.67. The van der Waals surface area contributed by atoms with Gasteiger partial charge in [0.15, 0.2) is 0 Å². The molecule has 1 atom stereocenters. The number of piperazine rings is 1. The summed E-state index contributed by atoms with van der Waals surface area (Å²) in [6.07, 6.45) is 1.59. The predicted molar refractivity (Wildman–Crippen MR) is 100 cm³/mol. The smallest absolute Gasteiger partial charge is 0.243 e. The van der Waals surface area contributed by atoms with Crippen molar-refractivity contribution in [3.63, 3.8) is 0 Å². The summed E-state index contributed by atoms with van der Waals surface area (Å²) in [5.74, 6) is 0.650. The van der Waals surface area contributed by atoms with Crippen LogP contribution in [-0.4, -0.2) is 82.6 Å². The summed E-state index contributed by atoms with van der Waals surface area (Å²) in [5.41, 5.74) is 0. The summed E-state index contributed by atoms with van der Waals surface area (Å²) in [5, 5.41) is 3.05. The molecule has 27 heavy (non-hydrogen) atoms. The van der Waals surface area contributed by atoms with Crippen molar-refractivity contribution < 1.29 is 22.7 Å². The molecule has 2 heterocycles. The third-order valence-electron chi connectivity index (χ3n) is 4.94. The van der Waals surface area contributed by atoms with Gasteiger partial charge in [0.1, 0.15) is 12.4 Å². The highest BCUT2D eigenvalue weighted by atomic mass is 32.2. The molecular weight excluding hydrogens is 370 g/mol. The van der Waals surface area contributed by atoms with Crippen LogP contribution in [0.15, 0.2) is 29.2 Å². The van der Waals surface area contributed by atoms with E-state index in [1.54, 1.807) is 31.4 Å². The van der Waals surface area contributed by atoms with E-state index in [-0.39, 0.29) is 16.8 Å². The highest BCUT2D eigenvalue weighted by Gasteiger charge is 2.35. The Morgan fingerprint density at radius 3 is 2.67 bits per heavy atom. The van der Waals surface area contributed by atoms with Crippen molar-refractivity contribution in [2.45, 2.75) is 23.8 Å². The lowest BCUT2D eigenvalue weighted by molar-refractivity contribution is -0.135. The van der Waals surface area contributed by atoms with Crippen LogP contribution in [0.2, 0.25) is 0 Å². The molecule has 2 saturated heterocycles. The third-order valence-corrected chi connectivity index (χ3v) is 6.82. The lowest BCUT2D eigenvalue weighted by Gasteiger charge is -2.40. The molecule has 0 aliphatic carbocycles. The second-order valence-corrected chi connectivity index (χ2v) is 8.67. The van der Waals surface area contributed by atoms with Gasteiger partial charge < -0.3 is 19.7 Å². The SMILES string of the molecule is COCCOc1ccc(S(=O)(=O)N2CCCC(N3CCNCC3=O)C2)cc1. The fourth-order valence-corrected chi connectivity index (χ4v) is 5.02. The van der Waals surface area contributed by atoms with Crippen LogP contribution in [0.3, 0.4) is 0 Å². The van der Waals surface area contributed by atoms with Crippen molar-refractivity contribution in [3.8, 4) is 5.75 Å². The van der Waals surface area contributed by atoms with E-state index >= 15 is 0 Å². The number of carbonyl (C=O) groups is 1. The summed E-state index contributed by atoms with van der Waals surface area (Å²) in [4.78, 5) is 14.2. The Kier molecular flexibility index (Phi) is 6.69. The van der Waals surface area contributed by atoms with Crippen LogP contribution in [-0.2, 0) is 19.6 Å². The molecule has 0 aromatic heterocycles. The van der Waals surface area contributed by atoms with E-state index in [0.29, 0.717) is 45.1 Å². The summed E-state index contributed by atoms with van der Waals surface area (Å²) in [7, 11) is -2.00. The molecule has 9 heteroatoms. The summed E-state index contributed by atoms with van der Waals surface area (Å²) < 4.78 is 37.9. The van der Waals surface area contributed by atoms with Crippen LogP contribution in [0.25, 0.3) is 0 Å². The number of hydrogen-bond acceptors (Lipinski definition) is 6. The molecule has 2 aliphatic rings. The van der Waals surface area contributed by atoms with Gasteiger partial charge >= 0.3 is 0 Å². The molecule has 0 radical (unpaired) electrons. The van der Waals surface area contributed by atoms with Crippen LogP contribution < -0.4 is 10.1 Å². The van der Waals surface area contributed by atoms with E-state index < -0.39 is 10.0 Å². The topological polar surface area (TPSA) is 88.2 Å². The number of carbonyl (C=O) groups excluding carboxylic acids is 1. The Labute approximate surface area is 160 Å². The number of benzene rings is 1. The van der Waals surface area contributed by atoms with Crippen LogP contribution in [0.5, 0.6) is 5.75 Å². The van der Waals surface area contributed by atoms with Crippen LogP contribution in [0, 0.1) is 0 Å². The highest BCUT2D eigenvalue weighted by Crippen LogP contribution is 2.25. The van der Waals surface area contributed by atoms with Gasteiger partial charge in [-0.1, -0.05) is 0 Å². The number of sulfonamides is 1. The number of amides is 1. The van der Waals surface area contributed by atoms with Gasteiger partial charge in [0.2, 0.25) is 15.9 Å². The second kappa shape index (κ2) is 9.01. The summed E-state index contributed by atoms with van der Waals surface area (Å²) >= 11 is 0. The number of nitrogens with zero attached hydrogens (tertiary/aromatic N) is 2. The minimum atomic E-state index is -3.59. The van der Waals surface area contributed by atoms with Crippen LogP contribution >= 0.6 is 0 Å². The van der Waals surface area contributed by atoms with Gasteiger partial charge in [-0.2, -0.15) is 4.31 Å².